The zero-order valence-corrected chi connectivity index (χ0v) is 10.8. The lowest BCUT2D eigenvalue weighted by Gasteiger charge is -2.28. The molecule has 1 saturated carbocycles. The van der Waals surface area contributed by atoms with Crippen LogP contribution in [0.3, 0.4) is 0 Å². The first-order chi connectivity index (χ1) is 6.38. The Kier molecular flexibility index (Phi) is 4.04. The molecule has 2 unspecified atom stereocenters. The molecule has 0 nitrogen and oxygen atoms in total. The zero-order valence-electron chi connectivity index (χ0n) is 10.8. The van der Waals surface area contributed by atoms with E-state index in [0.29, 0.717) is 5.41 Å². The molecule has 0 aliphatic heterocycles. The van der Waals surface area contributed by atoms with Crippen LogP contribution >= 0.6 is 0 Å². The Morgan fingerprint density at radius 2 is 1.64 bits per heavy atom. The van der Waals surface area contributed by atoms with Crippen molar-refractivity contribution in [3.8, 4) is 0 Å². The van der Waals surface area contributed by atoms with Gasteiger partial charge in [0.15, 0.2) is 0 Å². The maximum Gasteiger partial charge on any atom is -0.0380 e. The average Bonchev–Trinajstić information content (AvgIpc) is 2.32. The second kappa shape index (κ2) is 4.68. The molecule has 84 valence electrons. The molecule has 14 heavy (non-hydrogen) atoms. The van der Waals surface area contributed by atoms with Crippen LogP contribution in [-0.4, -0.2) is 0 Å². The second-order valence-electron chi connectivity index (χ2n) is 6.85. The molecule has 0 bridgehead atoms. The molecular formula is C14H28. The van der Waals surface area contributed by atoms with Crippen LogP contribution < -0.4 is 0 Å². The Bertz CT molecular complexity index is 161. The van der Waals surface area contributed by atoms with Crippen molar-refractivity contribution in [2.24, 2.45) is 23.2 Å². The molecule has 0 N–H and O–H groups in total. The van der Waals surface area contributed by atoms with Gasteiger partial charge in [-0.2, -0.15) is 0 Å². The summed E-state index contributed by atoms with van der Waals surface area (Å²) in [5.41, 5.74) is 0.532. The van der Waals surface area contributed by atoms with Gasteiger partial charge in [0.25, 0.3) is 0 Å². The monoisotopic (exact) mass is 196 g/mol. The maximum atomic E-state index is 2.39. The topological polar surface area (TPSA) is 0 Å². The Morgan fingerprint density at radius 1 is 1.07 bits per heavy atom. The van der Waals surface area contributed by atoms with E-state index < -0.39 is 0 Å². The molecule has 1 aliphatic carbocycles. The number of hydrogen-bond acceptors (Lipinski definition) is 0. The summed E-state index contributed by atoms with van der Waals surface area (Å²) in [4.78, 5) is 0. The molecule has 0 spiro atoms. The highest BCUT2D eigenvalue weighted by Gasteiger charge is 2.30. The van der Waals surface area contributed by atoms with E-state index in [1.807, 2.05) is 0 Å². The Balaban J connectivity index is 2.43. The molecule has 0 aromatic carbocycles. The summed E-state index contributed by atoms with van der Waals surface area (Å²) < 4.78 is 0. The molecule has 1 fully saturated rings. The van der Waals surface area contributed by atoms with E-state index in [0.717, 1.165) is 17.8 Å². The van der Waals surface area contributed by atoms with Crippen LogP contribution in [0.4, 0.5) is 0 Å². The van der Waals surface area contributed by atoms with Crippen LogP contribution in [-0.2, 0) is 0 Å². The molecule has 0 aromatic heterocycles. The van der Waals surface area contributed by atoms with Crippen LogP contribution in [0.15, 0.2) is 0 Å². The van der Waals surface area contributed by atoms with Gasteiger partial charge >= 0.3 is 0 Å². The molecule has 1 rings (SSSR count). The van der Waals surface area contributed by atoms with Gasteiger partial charge in [0, 0.05) is 0 Å². The van der Waals surface area contributed by atoms with E-state index in [1.165, 1.54) is 32.1 Å². The highest BCUT2D eigenvalue weighted by Crippen LogP contribution is 2.42. The van der Waals surface area contributed by atoms with Crippen LogP contribution in [0, 0.1) is 23.2 Å². The highest BCUT2D eigenvalue weighted by atomic mass is 14.4. The van der Waals surface area contributed by atoms with Gasteiger partial charge in [0.1, 0.15) is 0 Å². The van der Waals surface area contributed by atoms with Gasteiger partial charge in [-0.15, -0.1) is 0 Å². The van der Waals surface area contributed by atoms with Gasteiger partial charge in [0.2, 0.25) is 0 Å². The third-order valence-corrected chi connectivity index (χ3v) is 3.47. The first-order valence-corrected chi connectivity index (χ1v) is 6.38. The Labute approximate surface area is 90.5 Å². The molecule has 2 atom stereocenters. The molecule has 0 amide bonds. The van der Waals surface area contributed by atoms with Gasteiger partial charge < -0.3 is 0 Å². The summed E-state index contributed by atoms with van der Waals surface area (Å²) in [6, 6.07) is 0. The van der Waals surface area contributed by atoms with Gasteiger partial charge in [-0.3, -0.25) is 0 Å². The van der Waals surface area contributed by atoms with E-state index in [9.17, 15) is 0 Å². The lowest BCUT2D eigenvalue weighted by molar-refractivity contribution is 0.227. The van der Waals surface area contributed by atoms with Gasteiger partial charge in [0.05, 0.1) is 0 Å². The molecule has 1 aliphatic rings. The first-order valence-electron chi connectivity index (χ1n) is 6.38. The average molecular weight is 196 g/mol. The largest absolute Gasteiger partial charge is 0.0628 e. The SMILES string of the molecule is CC(C)CC1CCCC1CC(C)(C)C. The molecule has 0 heterocycles. The van der Waals surface area contributed by atoms with Gasteiger partial charge in [-0.25, -0.2) is 0 Å². The number of rotatable bonds is 3. The molecular weight excluding hydrogens is 168 g/mol. The summed E-state index contributed by atoms with van der Waals surface area (Å²) >= 11 is 0. The maximum absolute atomic E-state index is 2.39. The first kappa shape index (κ1) is 12.1. The minimum absolute atomic E-state index is 0.532. The van der Waals surface area contributed by atoms with Crippen molar-refractivity contribution < 1.29 is 0 Å². The fourth-order valence-electron chi connectivity index (χ4n) is 3.08. The normalized spacial score (nSPS) is 28.7. The summed E-state index contributed by atoms with van der Waals surface area (Å²) in [7, 11) is 0. The van der Waals surface area contributed by atoms with Crippen molar-refractivity contribution in [3.63, 3.8) is 0 Å². The van der Waals surface area contributed by atoms with Crippen LogP contribution in [0.25, 0.3) is 0 Å². The van der Waals surface area contributed by atoms with E-state index in [2.05, 4.69) is 34.6 Å². The van der Waals surface area contributed by atoms with Crippen LogP contribution in [0.5, 0.6) is 0 Å². The minimum Gasteiger partial charge on any atom is -0.0628 e. The fourth-order valence-corrected chi connectivity index (χ4v) is 3.08. The smallest absolute Gasteiger partial charge is 0.0380 e. The minimum atomic E-state index is 0.532. The number of hydrogen-bond donors (Lipinski definition) is 0. The molecule has 0 aromatic rings. The summed E-state index contributed by atoms with van der Waals surface area (Å²) in [5.74, 6) is 2.95. The highest BCUT2D eigenvalue weighted by molar-refractivity contribution is 4.81. The lowest BCUT2D eigenvalue weighted by atomic mass is 9.78. The summed E-state index contributed by atoms with van der Waals surface area (Å²) in [5, 5.41) is 0. The summed E-state index contributed by atoms with van der Waals surface area (Å²) in [6.07, 6.45) is 7.37. The Morgan fingerprint density at radius 3 is 2.14 bits per heavy atom. The van der Waals surface area contributed by atoms with Crippen molar-refractivity contribution in [2.45, 2.75) is 66.7 Å². The summed E-state index contributed by atoms with van der Waals surface area (Å²) in [6.45, 7) is 11.9. The van der Waals surface area contributed by atoms with Gasteiger partial charge in [-0.05, 0) is 36.0 Å². The van der Waals surface area contributed by atoms with E-state index in [-0.39, 0.29) is 0 Å². The quantitative estimate of drug-likeness (QED) is 0.603. The standard InChI is InChI=1S/C14H28/c1-11(2)9-12-7-6-8-13(12)10-14(3,4)5/h11-13H,6-10H2,1-5H3. The van der Waals surface area contributed by atoms with E-state index in [4.69, 9.17) is 0 Å². The fraction of sp³-hybridized carbons (Fsp3) is 1.00. The Hall–Kier alpha value is 0. The third-order valence-electron chi connectivity index (χ3n) is 3.47. The van der Waals surface area contributed by atoms with Crippen molar-refractivity contribution in [1.82, 2.24) is 0 Å². The predicted molar refractivity (Wildman–Crippen MR) is 64.4 cm³/mol. The third kappa shape index (κ3) is 4.02. The van der Waals surface area contributed by atoms with Crippen molar-refractivity contribution in [1.29, 1.82) is 0 Å². The molecule has 0 radical (unpaired) electrons. The predicted octanol–water partition coefficient (Wildman–Crippen LogP) is 4.89. The lowest BCUT2D eigenvalue weighted by Crippen LogP contribution is -2.18. The van der Waals surface area contributed by atoms with Crippen LogP contribution in [0.1, 0.15) is 66.7 Å². The molecule has 0 heteroatoms. The van der Waals surface area contributed by atoms with Crippen molar-refractivity contribution in [3.05, 3.63) is 0 Å². The van der Waals surface area contributed by atoms with Gasteiger partial charge in [-0.1, -0.05) is 53.9 Å². The van der Waals surface area contributed by atoms with Crippen LogP contribution in [0.2, 0.25) is 0 Å². The molecule has 0 saturated heterocycles. The second-order valence-corrected chi connectivity index (χ2v) is 6.85. The van der Waals surface area contributed by atoms with E-state index in [1.54, 1.807) is 0 Å². The van der Waals surface area contributed by atoms with Crippen molar-refractivity contribution in [2.75, 3.05) is 0 Å². The van der Waals surface area contributed by atoms with Crippen molar-refractivity contribution >= 4 is 0 Å². The zero-order chi connectivity index (χ0) is 10.8. The van der Waals surface area contributed by atoms with E-state index >= 15 is 0 Å².